The second kappa shape index (κ2) is 7.13. The van der Waals surface area contributed by atoms with Crippen molar-refractivity contribution in [3.05, 3.63) is 35.3 Å². The average molecular weight is 330 g/mol. The summed E-state index contributed by atoms with van der Waals surface area (Å²) in [6.45, 7) is 0. The number of carbonyl (C=O) groups excluding carboxylic acids is 1. The third-order valence-electron chi connectivity index (χ3n) is 4.50. The van der Waals surface area contributed by atoms with Gasteiger partial charge in [0.25, 0.3) is 5.91 Å². The predicted octanol–water partition coefficient (Wildman–Crippen LogP) is 4.22. The summed E-state index contributed by atoms with van der Waals surface area (Å²) in [5.41, 5.74) is 1.56. The molecule has 1 saturated carbocycles. The average Bonchev–Trinajstić information content (AvgIpc) is 3.11. The maximum absolute atomic E-state index is 12.6. The van der Waals surface area contributed by atoms with E-state index in [1.165, 1.54) is 30.6 Å². The molecule has 1 aromatic carbocycles. The van der Waals surface area contributed by atoms with Crippen molar-refractivity contribution in [2.75, 3.05) is 14.2 Å². The predicted molar refractivity (Wildman–Crippen MR) is 93.1 cm³/mol. The lowest BCUT2D eigenvalue weighted by molar-refractivity contribution is 0.0691. The van der Waals surface area contributed by atoms with E-state index in [0.29, 0.717) is 11.7 Å². The zero-order valence-corrected chi connectivity index (χ0v) is 14.4. The van der Waals surface area contributed by atoms with Crippen molar-refractivity contribution in [2.24, 2.45) is 0 Å². The lowest BCUT2D eigenvalue weighted by Gasteiger charge is -2.30. The number of benzene rings is 1. The second-order valence-corrected chi connectivity index (χ2v) is 6.83. The minimum absolute atomic E-state index is 0.0351. The van der Waals surface area contributed by atoms with Crippen LogP contribution < -0.4 is 4.74 Å². The van der Waals surface area contributed by atoms with E-state index in [0.717, 1.165) is 29.2 Å². The van der Waals surface area contributed by atoms with Crippen LogP contribution in [0.25, 0.3) is 10.6 Å². The van der Waals surface area contributed by atoms with Crippen molar-refractivity contribution in [3.63, 3.8) is 0 Å². The Hall–Kier alpha value is -1.88. The van der Waals surface area contributed by atoms with E-state index in [4.69, 9.17) is 4.74 Å². The third kappa shape index (κ3) is 3.55. The number of amides is 1. The number of hydrogen-bond acceptors (Lipinski definition) is 4. The largest absolute Gasteiger partial charge is 0.497 e. The summed E-state index contributed by atoms with van der Waals surface area (Å²) >= 11 is 1.51. The molecule has 0 unspecified atom stereocenters. The second-order valence-electron chi connectivity index (χ2n) is 5.97. The summed E-state index contributed by atoms with van der Waals surface area (Å²) in [5.74, 6) is 0.853. The topological polar surface area (TPSA) is 42.4 Å². The summed E-state index contributed by atoms with van der Waals surface area (Å²) in [7, 11) is 3.56. The van der Waals surface area contributed by atoms with E-state index in [1.54, 1.807) is 7.11 Å². The number of thiazole rings is 1. The highest BCUT2D eigenvalue weighted by atomic mass is 32.1. The molecular weight excluding hydrogens is 308 g/mol. The summed E-state index contributed by atoms with van der Waals surface area (Å²) < 4.78 is 5.17. The molecule has 4 nitrogen and oxygen atoms in total. The molecule has 0 aliphatic heterocycles. The van der Waals surface area contributed by atoms with Crippen LogP contribution in [0.5, 0.6) is 5.75 Å². The first-order valence-electron chi connectivity index (χ1n) is 8.06. The summed E-state index contributed by atoms with van der Waals surface area (Å²) in [5, 5.41) is 2.73. The molecule has 0 spiro atoms. The quantitative estimate of drug-likeness (QED) is 0.843. The van der Waals surface area contributed by atoms with Crippen molar-refractivity contribution < 1.29 is 9.53 Å². The molecule has 0 saturated heterocycles. The molecule has 23 heavy (non-hydrogen) atoms. The van der Waals surface area contributed by atoms with Crippen molar-refractivity contribution >= 4 is 17.2 Å². The Kier molecular flexibility index (Phi) is 4.96. The van der Waals surface area contributed by atoms with Gasteiger partial charge in [-0.05, 0) is 37.1 Å². The van der Waals surface area contributed by atoms with Gasteiger partial charge < -0.3 is 9.64 Å². The van der Waals surface area contributed by atoms with Crippen molar-refractivity contribution in [2.45, 2.75) is 38.1 Å². The highest BCUT2D eigenvalue weighted by molar-refractivity contribution is 7.13. The van der Waals surface area contributed by atoms with E-state index < -0.39 is 0 Å². The lowest BCUT2D eigenvalue weighted by Crippen LogP contribution is -2.38. The fourth-order valence-electron chi connectivity index (χ4n) is 3.05. The van der Waals surface area contributed by atoms with E-state index in [2.05, 4.69) is 4.98 Å². The van der Waals surface area contributed by atoms with E-state index in [1.807, 2.05) is 41.6 Å². The van der Waals surface area contributed by atoms with E-state index in [9.17, 15) is 4.79 Å². The summed E-state index contributed by atoms with van der Waals surface area (Å²) in [6.07, 6.45) is 5.94. The van der Waals surface area contributed by atoms with Crippen molar-refractivity contribution in [1.82, 2.24) is 9.88 Å². The first-order valence-corrected chi connectivity index (χ1v) is 8.94. The molecule has 1 aromatic heterocycles. The Morgan fingerprint density at radius 3 is 2.57 bits per heavy atom. The van der Waals surface area contributed by atoms with Crippen LogP contribution in [0.1, 0.15) is 42.6 Å². The molecule has 1 amide bonds. The number of rotatable bonds is 4. The first-order chi connectivity index (χ1) is 11.2. The molecule has 1 heterocycles. The number of aromatic nitrogens is 1. The summed E-state index contributed by atoms with van der Waals surface area (Å²) in [6, 6.07) is 8.12. The van der Waals surface area contributed by atoms with Gasteiger partial charge in [0.15, 0.2) is 0 Å². The van der Waals surface area contributed by atoms with E-state index in [-0.39, 0.29) is 5.91 Å². The van der Waals surface area contributed by atoms with Crippen molar-refractivity contribution in [1.29, 1.82) is 0 Å². The number of nitrogens with zero attached hydrogens (tertiary/aromatic N) is 2. The van der Waals surface area contributed by atoms with Gasteiger partial charge in [0.05, 0.1) is 7.11 Å². The Bertz CT molecular complexity index is 660. The standard InChI is InChI=1S/C18H22N2O2S/c1-20(14-6-4-3-5-7-14)18(21)16-12-23-17(19-16)13-8-10-15(22-2)11-9-13/h8-12,14H,3-7H2,1-2H3. The van der Waals surface area contributed by atoms with Crippen molar-refractivity contribution in [3.8, 4) is 16.3 Å². The molecule has 1 fully saturated rings. The monoisotopic (exact) mass is 330 g/mol. The molecule has 122 valence electrons. The zero-order valence-electron chi connectivity index (χ0n) is 13.6. The van der Waals surface area contributed by atoms with Gasteiger partial charge in [-0.3, -0.25) is 4.79 Å². The SMILES string of the molecule is COc1ccc(-c2nc(C(=O)N(C)C3CCCCC3)cs2)cc1. The molecule has 2 aromatic rings. The number of carbonyl (C=O) groups is 1. The Labute approximate surface area is 141 Å². The van der Waals surface area contributed by atoms with Crippen LogP contribution in [0.3, 0.4) is 0 Å². The minimum atomic E-state index is 0.0351. The van der Waals surface area contributed by atoms with Gasteiger partial charge in [-0.1, -0.05) is 19.3 Å². The molecule has 0 bridgehead atoms. The highest BCUT2D eigenvalue weighted by Crippen LogP contribution is 2.27. The van der Waals surface area contributed by atoms with Gasteiger partial charge in [0, 0.05) is 24.0 Å². The van der Waals surface area contributed by atoms with Gasteiger partial charge in [-0.15, -0.1) is 11.3 Å². The van der Waals surface area contributed by atoms with Crippen LogP contribution in [-0.2, 0) is 0 Å². The molecule has 0 radical (unpaired) electrons. The van der Waals surface area contributed by atoms with Crippen LogP contribution in [0.15, 0.2) is 29.6 Å². The van der Waals surface area contributed by atoms with Crippen LogP contribution in [-0.4, -0.2) is 36.0 Å². The van der Waals surface area contributed by atoms with Crippen LogP contribution in [0.4, 0.5) is 0 Å². The third-order valence-corrected chi connectivity index (χ3v) is 5.39. The van der Waals surface area contributed by atoms with Gasteiger partial charge in [0.2, 0.25) is 0 Å². The Morgan fingerprint density at radius 1 is 1.22 bits per heavy atom. The normalized spacial score (nSPS) is 15.4. The van der Waals surface area contributed by atoms with Gasteiger partial charge >= 0.3 is 0 Å². The van der Waals surface area contributed by atoms with Gasteiger partial charge in [-0.25, -0.2) is 4.98 Å². The smallest absolute Gasteiger partial charge is 0.273 e. The first kappa shape index (κ1) is 16.0. The number of hydrogen-bond donors (Lipinski definition) is 0. The number of ether oxygens (including phenoxy) is 1. The van der Waals surface area contributed by atoms with Crippen LogP contribution in [0, 0.1) is 0 Å². The molecular formula is C18H22N2O2S. The Morgan fingerprint density at radius 2 is 1.91 bits per heavy atom. The van der Waals surface area contributed by atoms with Crippen LogP contribution >= 0.6 is 11.3 Å². The summed E-state index contributed by atoms with van der Waals surface area (Å²) in [4.78, 5) is 19.1. The van der Waals surface area contributed by atoms with Gasteiger partial charge in [-0.2, -0.15) is 0 Å². The number of methoxy groups -OCH3 is 1. The molecule has 1 aliphatic carbocycles. The fourth-order valence-corrected chi connectivity index (χ4v) is 3.85. The molecule has 1 aliphatic rings. The molecule has 5 heteroatoms. The van der Waals surface area contributed by atoms with Crippen LogP contribution in [0.2, 0.25) is 0 Å². The molecule has 0 atom stereocenters. The fraction of sp³-hybridized carbons (Fsp3) is 0.444. The maximum atomic E-state index is 12.6. The Balaban J connectivity index is 1.73. The zero-order chi connectivity index (χ0) is 16.2. The maximum Gasteiger partial charge on any atom is 0.273 e. The molecule has 3 rings (SSSR count). The lowest BCUT2D eigenvalue weighted by atomic mass is 9.94. The van der Waals surface area contributed by atoms with Gasteiger partial charge in [0.1, 0.15) is 16.5 Å². The highest BCUT2D eigenvalue weighted by Gasteiger charge is 2.24. The molecule has 0 N–H and O–H groups in total. The van der Waals surface area contributed by atoms with E-state index >= 15 is 0 Å². The minimum Gasteiger partial charge on any atom is -0.497 e.